The minimum absolute atomic E-state index is 0.0982. The number of fused-ring (bicyclic) bond motifs is 2. The third-order valence-corrected chi connectivity index (χ3v) is 4.45. The first-order valence-corrected chi connectivity index (χ1v) is 7.75. The number of nitrogens with one attached hydrogen (secondary N) is 1. The highest BCUT2D eigenvalue weighted by Crippen LogP contribution is 2.31. The topological polar surface area (TPSA) is 32.3 Å². The summed E-state index contributed by atoms with van der Waals surface area (Å²) in [6.45, 7) is 1.82. The van der Waals surface area contributed by atoms with E-state index < -0.39 is 0 Å². The molecule has 2 aromatic carbocycles. The van der Waals surface area contributed by atoms with Gasteiger partial charge in [0, 0.05) is 12.1 Å². The predicted octanol–water partition coefficient (Wildman–Crippen LogP) is 3.18. The van der Waals surface area contributed by atoms with Gasteiger partial charge >= 0.3 is 0 Å². The summed E-state index contributed by atoms with van der Waals surface area (Å²) >= 11 is 0. The van der Waals surface area contributed by atoms with E-state index >= 15 is 0 Å². The number of hydrogen-bond donors (Lipinski definition) is 1. The van der Waals surface area contributed by atoms with E-state index in [1.54, 1.807) is 0 Å². The average Bonchev–Trinajstić information content (AvgIpc) is 3.07. The second kappa shape index (κ2) is 5.43. The van der Waals surface area contributed by atoms with Crippen LogP contribution in [0.2, 0.25) is 0 Å². The maximum Gasteiger partial charge on any atom is 0.259 e. The molecular formula is C19H18N2O. The third kappa shape index (κ3) is 2.14. The molecular weight excluding hydrogens is 272 g/mol. The first-order valence-electron chi connectivity index (χ1n) is 7.75. The van der Waals surface area contributed by atoms with E-state index in [0.29, 0.717) is 0 Å². The fourth-order valence-corrected chi connectivity index (χ4v) is 3.33. The maximum absolute atomic E-state index is 13.2. The molecule has 3 nitrogen and oxygen atoms in total. The lowest BCUT2D eigenvalue weighted by Crippen LogP contribution is -2.42. The van der Waals surface area contributed by atoms with Crippen LogP contribution in [0.4, 0.5) is 5.69 Å². The molecule has 1 fully saturated rings. The van der Waals surface area contributed by atoms with Gasteiger partial charge in [0.2, 0.25) is 0 Å². The zero-order valence-electron chi connectivity index (χ0n) is 12.3. The van der Waals surface area contributed by atoms with Crippen molar-refractivity contribution < 1.29 is 4.79 Å². The van der Waals surface area contributed by atoms with E-state index in [4.69, 9.17) is 0 Å². The quantitative estimate of drug-likeness (QED) is 0.875. The number of para-hydroxylation sites is 1. The van der Waals surface area contributed by atoms with Crippen LogP contribution in [0.3, 0.4) is 0 Å². The fourth-order valence-electron chi connectivity index (χ4n) is 3.33. The van der Waals surface area contributed by atoms with Gasteiger partial charge in [-0.3, -0.25) is 4.79 Å². The Kier molecular flexibility index (Phi) is 3.28. The molecule has 1 unspecified atom stereocenters. The van der Waals surface area contributed by atoms with Crippen LogP contribution in [0.25, 0.3) is 12.2 Å². The van der Waals surface area contributed by atoms with Crippen LogP contribution < -0.4 is 10.2 Å². The number of hydrogen-bond acceptors (Lipinski definition) is 2. The molecule has 0 aromatic heterocycles. The van der Waals surface area contributed by atoms with Crippen LogP contribution >= 0.6 is 0 Å². The summed E-state index contributed by atoms with van der Waals surface area (Å²) in [6, 6.07) is 16.2. The number of carbonyl (C=O) groups excluding carboxylic acids is 1. The van der Waals surface area contributed by atoms with Crippen molar-refractivity contribution in [2.75, 3.05) is 18.0 Å². The van der Waals surface area contributed by atoms with Gasteiger partial charge in [-0.2, -0.15) is 0 Å². The predicted molar refractivity (Wildman–Crippen MR) is 89.9 cm³/mol. The van der Waals surface area contributed by atoms with Crippen molar-refractivity contribution in [1.29, 1.82) is 0 Å². The number of anilines is 1. The summed E-state index contributed by atoms with van der Waals surface area (Å²) < 4.78 is 0. The summed E-state index contributed by atoms with van der Waals surface area (Å²) in [5.74, 6) is 0.0982. The zero-order valence-corrected chi connectivity index (χ0v) is 12.3. The van der Waals surface area contributed by atoms with Crippen molar-refractivity contribution in [1.82, 2.24) is 5.32 Å². The van der Waals surface area contributed by atoms with Crippen LogP contribution in [0.1, 0.15) is 27.9 Å². The molecule has 0 spiro atoms. The van der Waals surface area contributed by atoms with Crippen molar-refractivity contribution >= 4 is 23.7 Å². The molecule has 1 N–H and O–H groups in total. The van der Waals surface area contributed by atoms with Gasteiger partial charge in [0.05, 0.1) is 11.7 Å². The molecule has 0 aliphatic carbocycles. The molecule has 110 valence electrons. The number of benzene rings is 2. The van der Waals surface area contributed by atoms with Crippen LogP contribution in [0.5, 0.6) is 0 Å². The molecule has 2 heterocycles. The van der Waals surface area contributed by atoms with E-state index in [9.17, 15) is 4.79 Å². The summed E-state index contributed by atoms with van der Waals surface area (Å²) in [5.41, 5.74) is 3.86. The van der Waals surface area contributed by atoms with Crippen LogP contribution in [0.15, 0.2) is 48.5 Å². The Balaban J connectivity index is 1.92. The molecule has 1 atom stereocenters. The highest BCUT2D eigenvalue weighted by molar-refractivity contribution is 6.11. The molecule has 1 amide bonds. The Hall–Kier alpha value is -2.39. The molecule has 2 aliphatic rings. The lowest BCUT2D eigenvalue weighted by molar-refractivity contribution is 0.0978. The van der Waals surface area contributed by atoms with Crippen LogP contribution in [0, 0.1) is 0 Å². The number of carbonyl (C=O) groups is 1. The second-order valence-electron chi connectivity index (χ2n) is 5.80. The number of rotatable bonds is 1. The summed E-state index contributed by atoms with van der Waals surface area (Å²) in [5, 5.41) is 3.37. The molecule has 0 bridgehead atoms. The maximum atomic E-state index is 13.2. The normalized spacial score (nSPS) is 20.3. The minimum Gasteiger partial charge on any atom is -0.315 e. The molecule has 22 heavy (non-hydrogen) atoms. The Labute approximate surface area is 130 Å². The van der Waals surface area contributed by atoms with Gasteiger partial charge in [0.15, 0.2) is 0 Å². The fraction of sp³-hybridized carbons (Fsp3) is 0.211. The van der Waals surface area contributed by atoms with Gasteiger partial charge in [0.25, 0.3) is 5.91 Å². The van der Waals surface area contributed by atoms with Crippen molar-refractivity contribution in [3.63, 3.8) is 0 Å². The van der Waals surface area contributed by atoms with Crippen LogP contribution in [-0.4, -0.2) is 25.0 Å². The smallest absolute Gasteiger partial charge is 0.259 e. The summed E-state index contributed by atoms with van der Waals surface area (Å²) in [6.07, 6.45) is 5.14. The molecule has 1 saturated heterocycles. The Morgan fingerprint density at radius 2 is 1.68 bits per heavy atom. The molecule has 2 aliphatic heterocycles. The summed E-state index contributed by atoms with van der Waals surface area (Å²) in [7, 11) is 0. The second-order valence-corrected chi connectivity index (χ2v) is 5.80. The minimum atomic E-state index is 0.0982. The first kappa shape index (κ1) is 13.3. The van der Waals surface area contributed by atoms with E-state index in [1.807, 2.05) is 53.4 Å². The van der Waals surface area contributed by atoms with Gasteiger partial charge in [-0.25, -0.2) is 0 Å². The zero-order chi connectivity index (χ0) is 14.9. The van der Waals surface area contributed by atoms with Crippen molar-refractivity contribution in [2.45, 2.75) is 12.5 Å². The van der Waals surface area contributed by atoms with E-state index in [-0.39, 0.29) is 11.9 Å². The van der Waals surface area contributed by atoms with Crippen LogP contribution in [-0.2, 0) is 0 Å². The summed E-state index contributed by atoms with van der Waals surface area (Å²) in [4.78, 5) is 15.2. The van der Waals surface area contributed by atoms with Gasteiger partial charge in [0.1, 0.15) is 0 Å². The van der Waals surface area contributed by atoms with E-state index in [1.165, 1.54) is 0 Å². The lowest BCUT2D eigenvalue weighted by Gasteiger charge is -2.31. The van der Waals surface area contributed by atoms with Crippen molar-refractivity contribution in [3.05, 3.63) is 65.2 Å². The first-order chi connectivity index (χ1) is 10.8. The highest BCUT2D eigenvalue weighted by atomic mass is 16.2. The van der Waals surface area contributed by atoms with Gasteiger partial charge in [-0.1, -0.05) is 48.6 Å². The van der Waals surface area contributed by atoms with Gasteiger partial charge in [-0.05, 0) is 36.2 Å². The molecule has 0 radical (unpaired) electrons. The third-order valence-electron chi connectivity index (χ3n) is 4.45. The van der Waals surface area contributed by atoms with Gasteiger partial charge in [-0.15, -0.1) is 0 Å². The Morgan fingerprint density at radius 1 is 0.955 bits per heavy atom. The van der Waals surface area contributed by atoms with Gasteiger partial charge < -0.3 is 10.2 Å². The largest absolute Gasteiger partial charge is 0.315 e. The van der Waals surface area contributed by atoms with E-state index in [2.05, 4.69) is 17.5 Å². The molecule has 2 aromatic rings. The van der Waals surface area contributed by atoms with Crippen molar-refractivity contribution in [3.8, 4) is 0 Å². The average molecular weight is 290 g/mol. The number of amides is 1. The van der Waals surface area contributed by atoms with Crippen molar-refractivity contribution in [2.24, 2.45) is 0 Å². The van der Waals surface area contributed by atoms with E-state index in [0.717, 1.165) is 41.9 Å². The Bertz CT molecular complexity index is 745. The lowest BCUT2D eigenvalue weighted by atomic mass is 9.99. The monoisotopic (exact) mass is 290 g/mol. The molecule has 4 rings (SSSR count). The number of nitrogens with zero attached hydrogens (tertiary/aromatic N) is 1. The molecule has 3 heteroatoms. The SMILES string of the molecule is O=C1c2ccccc2C=Cc2ccccc2N1C1CCNC1. The molecule has 0 saturated carbocycles. The Morgan fingerprint density at radius 3 is 2.50 bits per heavy atom. The highest BCUT2D eigenvalue weighted by Gasteiger charge is 2.31. The standard InChI is InChI=1S/C19H18N2O/c22-19-17-7-3-1-5-14(17)9-10-15-6-2-4-8-18(15)21(19)16-11-12-20-13-16/h1-10,16,20H,11-13H2.